The molecular weight excluding hydrogens is 348 g/mol. The summed E-state index contributed by atoms with van der Waals surface area (Å²) in [5.41, 5.74) is 1.42. The molecule has 1 amide bonds. The minimum Gasteiger partial charge on any atom is -0.336 e. The SMILES string of the molecule is CCc1nn(CC(=O)N2[C@@H](C)CCC[C@@H]2C)c(=O)c2cc3sccc3n12. The summed E-state index contributed by atoms with van der Waals surface area (Å²) in [4.78, 5) is 27.8. The Morgan fingerprint density at radius 1 is 1.27 bits per heavy atom. The molecule has 1 fully saturated rings. The molecule has 1 aliphatic rings. The van der Waals surface area contributed by atoms with Crippen molar-refractivity contribution < 1.29 is 4.79 Å². The number of hydrogen-bond donors (Lipinski definition) is 0. The first-order chi connectivity index (χ1) is 12.5. The van der Waals surface area contributed by atoms with Gasteiger partial charge in [-0.05, 0) is 50.6 Å². The second-order valence-corrected chi connectivity index (χ2v) is 8.15. The Hall–Kier alpha value is -2.15. The lowest BCUT2D eigenvalue weighted by molar-refractivity contribution is -0.138. The van der Waals surface area contributed by atoms with Gasteiger partial charge in [-0.25, -0.2) is 4.68 Å². The van der Waals surface area contributed by atoms with Crippen LogP contribution in [0.2, 0.25) is 0 Å². The summed E-state index contributed by atoms with van der Waals surface area (Å²) >= 11 is 1.61. The Kier molecular flexibility index (Phi) is 4.34. The van der Waals surface area contributed by atoms with Crippen LogP contribution >= 0.6 is 11.3 Å². The van der Waals surface area contributed by atoms with E-state index in [1.165, 1.54) is 4.68 Å². The minimum absolute atomic E-state index is 0.00976. The number of piperidine rings is 1. The van der Waals surface area contributed by atoms with Gasteiger partial charge in [-0.1, -0.05) is 6.92 Å². The minimum atomic E-state index is -0.198. The van der Waals surface area contributed by atoms with Crippen molar-refractivity contribution in [1.29, 1.82) is 0 Å². The highest BCUT2D eigenvalue weighted by atomic mass is 32.1. The average molecular weight is 372 g/mol. The second kappa shape index (κ2) is 6.54. The summed E-state index contributed by atoms with van der Waals surface area (Å²) in [5.74, 6) is 0.791. The van der Waals surface area contributed by atoms with Crippen molar-refractivity contribution >= 4 is 33.0 Å². The molecule has 0 radical (unpaired) electrons. The van der Waals surface area contributed by atoms with Gasteiger partial charge in [0.2, 0.25) is 5.91 Å². The number of hydrogen-bond acceptors (Lipinski definition) is 4. The molecule has 0 N–H and O–H groups in total. The maximum absolute atomic E-state index is 13.0. The molecule has 0 aromatic carbocycles. The van der Waals surface area contributed by atoms with Gasteiger partial charge in [0.05, 0.1) is 10.2 Å². The molecule has 1 aliphatic heterocycles. The topological polar surface area (TPSA) is 59.6 Å². The summed E-state index contributed by atoms with van der Waals surface area (Å²) in [6.07, 6.45) is 3.89. The van der Waals surface area contributed by atoms with E-state index in [0.29, 0.717) is 11.9 Å². The summed E-state index contributed by atoms with van der Waals surface area (Å²) in [5, 5.41) is 6.55. The largest absolute Gasteiger partial charge is 0.336 e. The van der Waals surface area contributed by atoms with Crippen LogP contribution in [-0.4, -0.2) is 37.1 Å². The molecule has 0 unspecified atom stereocenters. The van der Waals surface area contributed by atoms with E-state index in [4.69, 9.17) is 0 Å². The van der Waals surface area contributed by atoms with Gasteiger partial charge in [0.1, 0.15) is 17.9 Å². The van der Waals surface area contributed by atoms with Crippen LogP contribution in [0.4, 0.5) is 0 Å². The van der Waals surface area contributed by atoms with Crippen LogP contribution in [0.3, 0.4) is 0 Å². The Morgan fingerprint density at radius 3 is 2.69 bits per heavy atom. The number of aromatic nitrogens is 3. The molecule has 6 nitrogen and oxygen atoms in total. The fourth-order valence-electron chi connectivity index (χ4n) is 4.18. The van der Waals surface area contributed by atoms with Crippen LogP contribution in [0.1, 0.15) is 45.9 Å². The van der Waals surface area contributed by atoms with Gasteiger partial charge in [-0.15, -0.1) is 11.3 Å². The van der Waals surface area contributed by atoms with Crippen molar-refractivity contribution in [3.05, 3.63) is 33.7 Å². The van der Waals surface area contributed by atoms with Gasteiger partial charge in [-0.2, -0.15) is 5.10 Å². The van der Waals surface area contributed by atoms with Gasteiger partial charge in [-0.3, -0.25) is 14.0 Å². The summed E-state index contributed by atoms with van der Waals surface area (Å²) in [7, 11) is 0. The molecular formula is C19H24N4O2S. The zero-order chi connectivity index (χ0) is 18.4. The Bertz CT molecular complexity index is 1020. The van der Waals surface area contributed by atoms with E-state index in [1.807, 2.05) is 33.7 Å². The molecule has 0 bridgehead atoms. The first-order valence-corrected chi connectivity index (χ1v) is 10.2. The van der Waals surface area contributed by atoms with Gasteiger partial charge < -0.3 is 4.90 Å². The number of carbonyl (C=O) groups is 1. The van der Waals surface area contributed by atoms with Crippen molar-refractivity contribution in [3.8, 4) is 0 Å². The number of amides is 1. The fraction of sp³-hybridized carbons (Fsp3) is 0.526. The monoisotopic (exact) mass is 372 g/mol. The third kappa shape index (κ3) is 2.65. The number of rotatable bonds is 3. The third-order valence-electron chi connectivity index (χ3n) is 5.45. The normalized spacial score (nSPS) is 21.0. The fourth-order valence-corrected chi connectivity index (χ4v) is 4.98. The van der Waals surface area contributed by atoms with Crippen LogP contribution in [-0.2, 0) is 17.8 Å². The zero-order valence-electron chi connectivity index (χ0n) is 15.4. The average Bonchev–Trinajstić information content (AvgIpc) is 3.18. The van der Waals surface area contributed by atoms with E-state index in [0.717, 1.165) is 35.3 Å². The number of likely N-dealkylation sites (tertiary alicyclic amines) is 1. The number of thiophene rings is 1. The highest BCUT2D eigenvalue weighted by Gasteiger charge is 2.29. The molecule has 7 heteroatoms. The van der Waals surface area contributed by atoms with Gasteiger partial charge in [0, 0.05) is 18.5 Å². The smallest absolute Gasteiger partial charge is 0.291 e. The molecule has 4 rings (SSSR count). The standard InChI is InChI=1S/C19H24N4O2S/c1-4-17-20-21(11-18(24)22-12(2)6-5-7-13(22)3)19(25)15-10-16-14(23(15)17)8-9-26-16/h8-10,12-13H,4-7,11H2,1-3H3/t12-,13-/m0/s1. The zero-order valence-corrected chi connectivity index (χ0v) is 16.3. The van der Waals surface area contributed by atoms with E-state index in [9.17, 15) is 9.59 Å². The molecule has 2 atom stereocenters. The van der Waals surface area contributed by atoms with Crippen molar-refractivity contribution in [1.82, 2.24) is 19.1 Å². The predicted molar refractivity (Wildman–Crippen MR) is 104 cm³/mol. The van der Waals surface area contributed by atoms with Crippen molar-refractivity contribution in [2.75, 3.05) is 0 Å². The first-order valence-electron chi connectivity index (χ1n) is 9.31. The number of nitrogens with zero attached hydrogens (tertiary/aromatic N) is 4. The molecule has 3 aromatic rings. The van der Waals surface area contributed by atoms with Crippen LogP contribution in [0.15, 0.2) is 22.3 Å². The van der Waals surface area contributed by atoms with Crippen molar-refractivity contribution in [2.45, 2.75) is 65.1 Å². The maximum Gasteiger partial charge on any atom is 0.291 e. The highest BCUT2D eigenvalue weighted by molar-refractivity contribution is 7.17. The number of aryl methyl sites for hydroxylation is 1. The number of fused-ring (bicyclic) bond motifs is 3. The Labute approximate surface area is 156 Å². The van der Waals surface area contributed by atoms with Crippen LogP contribution in [0.25, 0.3) is 15.7 Å². The van der Waals surface area contributed by atoms with Gasteiger partial charge in [0.15, 0.2) is 0 Å². The molecule has 1 saturated heterocycles. The summed E-state index contributed by atoms with van der Waals surface area (Å²) < 4.78 is 4.36. The van der Waals surface area contributed by atoms with E-state index in [2.05, 4.69) is 18.9 Å². The molecule has 0 saturated carbocycles. The molecule has 4 heterocycles. The van der Waals surface area contributed by atoms with Crippen LogP contribution in [0, 0.1) is 0 Å². The quantitative estimate of drug-likeness (QED) is 0.710. The van der Waals surface area contributed by atoms with Crippen molar-refractivity contribution in [2.24, 2.45) is 0 Å². The summed E-state index contributed by atoms with van der Waals surface area (Å²) in [6, 6.07) is 4.36. The van der Waals surface area contributed by atoms with Crippen LogP contribution in [0.5, 0.6) is 0 Å². The lowest BCUT2D eigenvalue weighted by atomic mass is 9.97. The predicted octanol–water partition coefficient (Wildman–Crippen LogP) is 3.06. The van der Waals surface area contributed by atoms with E-state index >= 15 is 0 Å². The van der Waals surface area contributed by atoms with Gasteiger partial charge in [0.25, 0.3) is 5.56 Å². The molecule has 138 valence electrons. The third-order valence-corrected chi connectivity index (χ3v) is 6.31. The first kappa shape index (κ1) is 17.3. The summed E-state index contributed by atoms with van der Waals surface area (Å²) in [6.45, 7) is 6.21. The molecule has 0 spiro atoms. The van der Waals surface area contributed by atoms with Gasteiger partial charge >= 0.3 is 0 Å². The van der Waals surface area contributed by atoms with E-state index in [1.54, 1.807) is 11.3 Å². The lowest BCUT2D eigenvalue weighted by Gasteiger charge is -2.39. The maximum atomic E-state index is 13.0. The molecule has 0 aliphatic carbocycles. The Morgan fingerprint density at radius 2 is 2.00 bits per heavy atom. The highest BCUT2D eigenvalue weighted by Crippen LogP contribution is 2.25. The molecule has 26 heavy (non-hydrogen) atoms. The second-order valence-electron chi connectivity index (χ2n) is 7.20. The van der Waals surface area contributed by atoms with Crippen molar-refractivity contribution in [3.63, 3.8) is 0 Å². The van der Waals surface area contributed by atoms with E-state index < -0.39 is 0 Å². The Balaban J connectivity index is 1.76. The lowest BCUT2D eigenvalue weighted by Crippen LogP contribution is -2.49. The van der Waals surface area contributed by atoms with E-state index in [-0.39, 0.29) is 30.1 Å². The number of carbonyl (C=O) groups excluding carboxylic acids is 1. The molecule has 3 aromatic heterocycles. The van der Waals surface area contributed by atoms with Crippen LogP contribution < -0.4 is 5.56 Å².